The first kappa shape index (κ1) is 22.6. The third-order valence-electron chi connectivity index (χ3n) is 4.33. The van der Waals surface area contributed by atoms with Crippen molar-refractivity contribution in [2.45, 2.75) is 59.0 Å². The molecule has 1 aromatic rings. The van der Waals surface area contributed by atoms with Crippen LogP contribution in [-0.4, -0.2) is 71.7 Å². The van der Waals surface area contributed by atoms with Crippen molar-refractivity contribution in [3.05, 3.63) is 16.1 Å². The monoisotopic (exact) mass is 410 g/mol. The maximum Gasteiger partial charge on any atom is 0.410 e. The van der Waals surface area contributed by atoms with Crippen LogP contribution in [0.4, 0.5) is 4.79 Å². The number of amides is 2. The lowest BCUT2D eigenvalue weighted by Gasteiger charge is -2.35. The van der Waals surface area contributed by atoms with Crippen LogP contribution in [0.5, 0.6) is 0 Å². The summed E-state index contributed by atoms with van der Waals surface area (Å²) in [7, 11) is 0. The Balaban J connectivity index is 1.65. The van der Waals surface area contributed by atoms with Gasteiger partial charge >= 0.3 is 6.09 Å². The maximum absolute atomic E-state index is 12.3. The van der Waals surface area contributed by atoms with Crippen LogP contribution in [0.3, 0.4) is 0 Å². The molecule has 1 aliphatic heterocycles. The smallest absolute Gasteiger partial charge is 0.410 e. The zero-order valence-corrected chi connectivity index (χ0v) is 18.8. The highest BCUT2D eigenvalue weighted by atomic mass is 32.1. The number of hydrogen-bond donors (Lipinski definition) is 1. The second-order valence-corrected chi connectivity index (χ2v) is 10.2. The van der Waals surface area contributed by atoms with Gasteiger partial charge in [-0.05, 0) is 33.7 Å². The Morgan fingerprint density at radius 1 is 1.14 bits per heavy atom. The molecule has 1 fully saturated rings. The Hall–Kier alpha value is -1.67. The van der Waals surface area contributed by atoms with Crippen molar-refractivity contribution in [2.24, 2.45) is 0 Å². The van der Waals surface area contributed by atoms with Gasteiger partial charge in [0.25, 0.3) is 5.91 Å². The first-order valence-corrected chi connectivity index (χ1v) is 10.7. The van der Waals surface area contributed by atoms with E-state index in [1.807, 2.05) is 20.8 Å². The van der Waals surface area contributed by atoms with Crippen LogP contribution in [0, 0.1) is 0 Å². The number of thiazole rings is 1. The highest BCUT2D eigenvalue weighted by molar-refractivity contribution is 7.13. The third kappa shape index (κ3) is 7.05. The summed E-state index contributed by atoms with van der Waals surface area (Å²) < 4.78 is 5.42. The van der Waals surface area contributed by atoms with Gasteiger partial charge in [-0.15, -0.1) is 11.3 Å². The van der Waals surface area contributed by atoms with E-state index >= 15 is 0 Å². The molecule has 0 radical (unpaired) electrons. The molecule has 2 heterocycles. The Morgan fingerprint density at radius 2 is 1.79 bits per heavy atom. The number of nitrogens with one attached hydrogen (secondary N) is 1. The summed E-state index contributed by atoms with van der Waals surface area (Å²) in [5, 5.41) is 3.95. The van der Waals surface area contributed by atoms with Gasteiger partial charge in [0, 0.05) is 38.1 Å². The normalized spacial score (nSPS) is 16.1. The van der Waals surface area contributed by atoms with Crippen LogP contribution in [0.2, 0.25) is 0 Å². The molecule has 28 heavy (non-hydrogen) atoms. The number of nitrogens with zero attached hydrogens (tertiary/aromatic N) is 3. The lowest BCUT2D eigenvalue weighted by atomic mass is 9.98. The van der Waals surface area contributed by atoms with E-state index in [1.54, 1.807) is 11.1 Å². The summed E-state index contributed by atoms with van der Waals surface area (Å²) in [6.45, 7) is 16.5. The highest BCUT2D eigenvalue weighted by Crippen LogP contribution is 2.26. The fraction of sp³-hybridized carbons (Fsp3) is 0.750. The molecule has 8 heteroatoms. The molecule has 0 spiro atoms. The van der Waals surface area contributed by atoms with E-state index in [9.17, 15) is 9.59 Å². The summed E-state index contributed by atoms with van der Waals surface area (Å²) >= 11 is 1.46. The van der Waals surface area contributed by atoms with Gasteiger partial charge in [-0.1, -0.05) is 20.8 Å². The van der Waals surface area contributed by atoms with Crippen molar-refractivity contribution in [3.63, 3.8) is 0 Å². The van der Waals surface area contributed by atoms with Gasteiger partial charge in [0.2, 0.25) is 0 Å². The number of carbonyl (C=O) groups excluding carboxylic acids is 2. The summed E-state index contributed by atoms with van der Waals surface area (Å²) in [6, 6.07) is 0. The zero-order valence-electron chi connectivity index (χ0n) is 18.0. The van der Waals surface area contributed by atoms with Gasteiger partial charge < -0.3 is 15.0 Å². The second-order valence-electron chi connectivity index (χ2n) is 9.20. The number of piperazine rings is 1. The van der Waals surface area contributed by atoms with Crippen molar-refractivity contribution in [1.82, 2.24) is 20.1 Å². The fourth-order valence-corrected chi connectivity index (χ4v) is 3.69. The van der Waals surface area contributed by atoms with Gasteiger partial charge in [-0.2, -0.15) is 0 Å². The van der Waals surface area contributed by atoms with Gasteiger partial charge in [0.15, 0.2) is 0 Å². The standard InChI is InChI=1S/C20H34N4O3S/c1-19(2,3)17-22-14-15(28-17)16(25)21-8-7-9-23-10-12-24(13-11-23)18(26)27-20(4,5)6/h14H,7-13H2,1-6H3,(H,21,25). The number of rotatable bonds is 5. The zero-order chi connectivity index (χ0) is 20.9. The Bertz CT molecular complexity index is 668. The van der Waals surface area contributed by atoms with Gasteiger partial charge in [0.05, 0.1) is 11.2 Å². The molecule has 1 aromatic heterocycles. The van der Waals surface area contributed by atoms with Gasteiger partial charge in [-0.3, -0.25) is 9.69 Å². The van der Waals surface area contributed by atoms with E-state index < -0.39 is 5.60 Å². The van der Waals surface area contributed by atoms with Crippen molar-refractivity contribution >= 4 is 23.3 Å². The molecule has 0 aromatic carbocycles. The summed E-state index contributed by atoms with van der Waals surface area (Å²) in [4.78, 5) is 33.4. The van der Waals surface area contributed by atoms with E-state index in [1.165, 1.54) is 11.3 Å². The SMILES string of the molecule is CC(C)(C)OC(=O)N1CCN(CCCNC(=O)c2cnc(C(C)(C)C)s2)CC1. The van der Waals surface area contributed by atoms with Gasteiger partial charge in [-0.25, -0.2) is 9.78 Å². The van der Waals surface area contributed by atoms with Crippen molar-refractivity contribution in [1.29, 1.82) is 0 Å². The van der Waals surface area contributed by atoms with Crippen LogP contribution < -0.4 is 5.32 Å². The van der Waals surface area contributed by atoms with Crippen molar-refractivity contribution in [2.75, 3.05) is 39.3 Å². The molecular weight excluding hydrogens is 376 g/mol. The molecule has 158 valence electrons. The van der Waals surface area contributed by atoms with Crippen molar-refractivity contribution in [3.8, 4) is 0 Å². The first-order chi connectivity index (χ1) is 13.0. The molecule has 1 aliphatic rings. The number of carbonyl (C=O) groups is 2. The molecule has 1 N–H and O–H groups in total. The number of aromatic nitrogens is 1. The molecule has 0 unspecified atom stereocenters. The molecular formula is C20H34N4O3S. The Morgan fingerprint density at radius 3 is 2.32 bits per heavy atom. The number of ether oxygens (including phenoxy) is 1. The van der Waals surface area contributed by atoms with E-state index in [0.29, 0.717) is 24.5 Å². The first-order valence-electron chi connectivity index (χ1n) is 9.90. The third-order valence-corrected chi connectivity index (χ3v) is 5.75. The predicted octanol–water partition coefficient (Wildman–Crippen LogP) is 3.11. The van der Waals surface area contributed by atoms with E-state index in [-0.39, 0.29) is 17.4 Å². The predicted molar refractivity (Wildman–Crippen MR) is 112 cm³/mol. The maximum atomic E-state index is 12.3. The highest BCUT2D eigenvalue weighted by Gasteiger charge is 2.25. The fourth-order valence-electron chi connectivity index (χ4n) is 2.80. The molecule has 0 saturated carbocycles. The van der Waals surface area contributed by atoms with Crippen LogP contribution in [-0.2, 0) is 10.2 Å². The molecule has 0 bridgehead atoms. The van der Waals surface area contributed by atoms with E-state index in [0.717, 1.165) is 31.1 Å². The van der Waals surface area contributed by atoms with E-state index in [2.05, 4.69) is 36.0 Å². The lowest BCUT2D eigenvalue weighted by Crippen LogP contribution is -2.50. The molecule has 2 rings (SSSR count). The van der Waals surface area contributed by atoms with Crippen LogP contribution in [0.25, 0.3) is 0 Å². The Kier molecular flexibility index (Phi) is 7.45. The van der Waals surface area contributed by atoms with Crippen LogP contribution in [0.1, 0.15) is 62.6 Å². The largest absolute Gasteiger partial charge is 0.444 e. The molecule has 2 amide bonds. The number of hydrogen-bond acceptors (Lipinski definition) is 6. The summed E-state index contributed by atoms with van der Waals surface area (Å²) in [6.07, 6.45) is 2.30. The summed E-state index contributed by atoms with van der Waals surface area (Å²) in [5.74, 6) is -0.0530. The second kappa shape index (κ2) is 9.22. The van der Waals surface area contributed by atoms with Gasteiger partial charge in [0.1, 0.15) is 10.5 Å². The topological polar surface area (TPSA) is 74.8 Å². The van der Waals surface area contributed by atoms with Crippen LogP contribution >= 0.6 is 11.3 Å². The van der Waals surface area contributed by atoms with E-state index in [4.69, 9.17) is 4.74 Å². The minimum atomic E-state index is -0.460. The average Bonchev–Trinajstić information content (AvgIpc) is 3.08. The Labute approximate surface area is 172 Å². The summed E-state index contributed by atoms with van der Waals surface area (Å²) in [5.41, 5.74) is -0.497. The quantitative estimate of drug-likeness (QED) is 0.755. The molecule has 0 aliphatic carbocycles. The van der Waals surface area contributed by atoms with Crippen molar-refractivity contribution < 1.29 is 14.3 Å². The minimum absolute atomic E-state index is 0.0371. The average molecular weight is 411 g/mol. The van der Waals surface area contributed by atoms with Crippen LogP contribution in [0.15, 0.2) is 6.20 Å². The lowest BCUT2D eigenvalue weighted by molar-refractivity contribution is 0.0144. The minimum Gasteiger partial charge on any atom is -0.444 e. The molecule has 1 saturated heterocycles. The molecule has 7 nitrogen and oxygen atoms in total. The molecule has 0 atom stereocenters.